The fraction of sp³-hybridized carbons (Fsp3) is 0.200. The average Bonchev–Trinajstić information content (AvgIpc) is 2.81. The summed E-state index contributed by atoms with van der Waals surface area (Å²) in [7, 11) is 0. The maximum absolute atomic E-state index is 12.3. The van der Waals surface area contributed by atoms with Gasteiger partial charge in [-0.2, -0.15) is 0 Å². The first-order valence-electron chi connectivity index (χ1n) is 8.68. The number of benzene rings is 2. The van der Waals surface area contributed by atoms with Crippen LogP contribution in [0.2, 0.25) is 0 Å². The first-order valence-corrected chi connectivity index (χ1v) is 8.68. The highest BCUT2D eigenvalue weighted by Crippen LogP contribution is 2.21. The molecule has 7 nitrogen and oxygen atoms in total. The van der Waals surface area contributed by atoms with Gasteiger partial charge in [0, 0.05) is 12.1 Å². The van der Waals surface area contributed by atoms with E-state index in [9.17, 15) is 9.59 Å². The lowest BCUT2D eigenvalue weighted by Gasteiger charge is -2.14. The van der Waals surface area contributed by atoms with Crippen LogP contribution < -0.4 is 16.4 Å². The first-order chi connectivity index (χ1) is 13.0. The van der Waals surface area contributed by atoms with Crippen molar-refractivity contribution in [1.82, 2.24) is 5.32 Å². The van der Waals surface area contributed by atoms with Gasteiger partial charge in [0.15, 0.2) is 0 Å². The molecule has 0 radical (unpaired) electrons. The molecular formula is C20H21N5O2. The SMILES string of the molecule is N=C(N=C(N)Cc1ccccc1)C(=O)N[C@H]1CCc2ccccc2NC1=O. The number of aryl methyl sites for hydroxylation is 1. The van der Waals surface area contributed by atoms with Crippen LogP contribution in [0, 0.1) is 5.41 Å². The van der Waals surface area contributed by atoms with Crippen LogP contribution in [-0.4, -0.2) is 29.5 Å². The molecule has 0 saturated carbocycles. The van der Waals surface area contributed by atoms with Crippen molar-refractivity contribution < 1.29 is 9.59 Å². The maximum atomic E-state index is 12.3. The van der Waals surface area contributed by atoms with E-state index in [1.807, 2.05) is 54.6 Å². The molecule has 2 aromatic carbocycles. The molecule has 2 amide bonds. The predicted octanol–water partition coefficient (Wildman–Crippen LogP) is 1.63. The minimum atomic E-state index is -0.726. The molecule has 1 atom stereocenters. The molecule has 0 fully saturated rings. The third-order valence-electron chi connectivity index (χ3n) is 4.30. The second-order valence-electron chi connectivity index (χ2n) is 6.33. The van der Waals surface area contributed by atoms with Crippen molar-refractivity contribution in [3.8, 4) is 0 Å². The van der Waals surface area contributed by atoms with Crippen molar-refractivity contribution in [2.75, 3.05) is 5.32 Å². The van der Waals surface area contributed by atoms with Crippen LogP contribution in [0.4, 0.5) is 5.69 Å². The van der Waals surface area contributed by atoms with E-state index in [4.69, 9.17) is 11.1 Å². The maximum Gasteiger partial charge on any atom is 0.289 e. The van der Waals surface area contributed by atoms with Gasteiger partial charge in [-0.15, -0.1) is 0 Å². The lowest BCUT2D eigenvalue weighted by atomic mass is 10.1. The van der Waals surface area contributed by atoms with Crippen molar-refractivity contribution in [1.29, 1.82) is 5.41 Å². The molecule has 0 spiro atoms. The molecule has 0 aliphatic carbocycles. The molecule has 27 heavy (non-hydrogen) atoms. The third kappa shape index (κ3) is 4.78. The number of para-hydroxylation sites is 1. The molecule has 1 aliphatic rings. The van der Waals surface area contributed by atoms with Crippen molar-refractivity contribution in [3.05, 3.63) is 65.7 Å². The number of rotatable bonds is 3. The van der Waals surface area contributed by atoms with Crippen LogP contribution in [0.3, 0.4) is 0 Å². The quantitative estimate of drug-likeness (QED) is 0.490. The minimum absolute atomic E-state index is 0.166. The second kappa shape index (κ2) is 8.27. The molecule has 1 aliphatic heterocycles. The zero-order valence-electron chi connectivity index (χ0n) is 14.7. The molecule has 0 saturated heterocycles. The van der Waals surface area contributed by atoms with Crippen molar-refractivity contribution in [2.45, 2.75) is 25.3 Å². The summed E-state index contributed by atoms with van der Waals surface area (Å²) in [6.45, 7) is 0. The number of anilines is 1. The van der Waals surface area contributed by atoms with Crippen LogP contribution >= 0.6 is 0 Å². The van der Waals surface area contributed by atoms with Gasteiger partial charge in [-0.1, -0.05) is 48.5 Å². The Balaban J connectivity index is 1.60. The first kappa shape index (κ1) is 18.3. The largest absolute Gasteiger partial charge is 0.387 e. The van der Waals surface area contributed by atoms with Crippen molar-refractivity contribution in [2.24, 2.45) is 10.7 Å². The smallest absolute Gasteiger partial charge is 0.289 e. The summed E-state index contributed by atoms with van der Waals surface area (Å²) in [5, 5.41) is 13.2. The zero-order chi connectivity index (χ0) is 19.2. The number of hydrogen-bond acceptors (Lipinski definition) is 3. The Bertz CT molecular complexity index is 892. The highest BCUT2D eigenvalue weighted by Gasteiger charge is 2.26. The predicted molar refractivity (Wildman–Crippen MR) is 105 cm³/mol. The Kier molecular flexibility index (Phi) is 5.61. The Morgan fingerprint density at radius 1 is 1.19 bits per heavy atom. The van der Waals surface area contributed by atoms with Gasteiger partial charge in [0.25, 0.3) is 5.91 Å². The fourth-order valence-corrected chi connectivity index (χ4v) is 2.91. The topological polar surface area (TPSA) is 120 Å². The van der Waals surface area contributed by atoms with Gasteiger partial charge >= 0.3 is 0 Å². The van der Waals surface area contributed by atoms with Crippen LogP contribution in [0.25, 0.3) is 0 Å². The van der Waals surface area contributed by atoms with Gasteiger partial charge < -0.3 is 16.4 Å². The number of hydrogen-bond donors (Lipinski definition) is 4. The van der Waals surface area contributed by atoms with Gasteiger partial charge in [0.05, 0.1) is 0 Å². The molecular weight excluding hydrogens is 342 g/mol. The third-order valence-corrected chi connectivity index (χ3v) is 4.30. The van der Waals surface area contributed by atoms with Crippen LogP contribution in [0.5, 0.6) is 0 Å². The molecule has 0 unspecified atom stereocenters. The molecule has 138 valence electrons. The van der Waals surface area contributed by atoms with Gasteiger partial charge in [0.1, 0.15) is 11.9 Å². The molecule has 1 heterocycles. The summed E-state index contributed by atoms with van der Waals surface area (Å²) in [4.78, 5) is 28.5. The summed E-state index contributed by atoms with van der Waals surface area (Å²) in [6, 6.07) is 16.2. The Morgan fingerprint density at radius 3 is 2.67 bits per heavy atom. The number of nitrogens with two attached hydrogens (primary N) is 1. The van der Waals surface area contributed by atoms with Crippen molar-refractivity contribution >= 4 is 29.2 Å². The number of aliphatic imine (C=N–C) groups is 1. The lowest BCUT2D eigenvalue weighted by Crippen LogP contribution is -2.45. The van der Waals surface area contributed by atoms with E-state index >= 15 is 0 Å². The zero-order valence-corrected chi connectivity index (χ0v) is 14.7. The standard InChI is InChI=1S/C20H21N5O2/c21-17(12-13-6-2-1-3-7-13)25-18(22)20(27)24-16-11-10-14-8-4-5-9-15(14)23-19(16)26/h1-9,16H,10-12H2,(H,23,26)(H,24,27)(H3,21,22,25)/t16-/m0/s1. The molecule has 0 aromatic heterocycles. The molecule has 0 bridgehead atoms. The Hall–Kier alpha value is -3.48. The number of nitrogens with zero attached hydrogens (tertiary/aromatic N) is 1. The normalized spacial score (nSPS) is 16.7. The fourth-order valence-electron chi connectivity index (χ4n) is 2.91. The van der Waals surface area contributed by atoms with Crippen LogP contribution in [0.15, 0.2) is 59.6 Å². The van der Waals surface area contributed by atoms with E-state index < -0.39 is 17.8 Å². The van der Waals surface area contributed by atoms with E-state index in [2.05, 4.69) is 15.6 Å². The van der Waals surface area contributed by atoms with E-state index in [1.165, 1.54) is 0 Å². The van der Waals surface area contributed by atoms with E-state index in [0.717, 1.165) is 16.8 Å². The monoisotopic (exact) mass is 363 g/mol. The van der Waals surface area contributed by atoms with Gasteiger partial charge in [-0.05, 0) is 30.0 Å². The summed E-state index contributed by atoms with van der Waals surface area (Å²) in [6.07, 6.45) is 1.44. The number of nitrogens with one attached hydrogen (secondary N) is 3. The molecule has 3 rings (SSSR count). The van der Waals surface area contributed by atoms with Gasteiger partial charge in [-0.3, -0.25) is 15.0 Å². The number of fused-ring (bicyclic) bond motifs is 1. The average molecular weight is 363 g/mol. The van der Waals surface area contributed by atoms with Crippen molar-refractivity contribution in [3.63, 3.8) is 0 Å². The number of carbonyl (C=O) groups is 2. The van der Waals surface area contributed by atoms with E-state index in [-0.39, 0.29) is 11.7 Å². The summed E-state index contributed by atoms with van der Waals surface area (Å²) < 4.78 is 0. The summed E-state index contributed by atoms with van der Waals surface area (Å²) >= 11 is 0. The van der Waals surface area contributed by atoms with E-state index in [1.54, 1.807) is 0 Å². The highest BCUT2D eigenvalue weighted by molar-refractivity contribution is 6.39. The van der Waals surface area contributed by atoms with Gasteiger partial charge in [-0.25, -0.2) is 4.99 Å². The number of amidine groups is 2. The lowest BCUT2D eigenvalue weighted by molar-refractivity contribution is -0.123. The molecule has 2 aromatic rings. The number of amides is 2. The second-order valence-corrected chi connectivity index (χ2v) is 6.33. The van der Waals surface area contributed by atoms with Crippen LogP contribution in [0.1, 0.15) is 17.5 Å². The highest BCUT2D eigenvalue weighted by atomic mass is 16.2. The number of carbonyl (C=O) groups excluding carboxylic acids is 2. The van der Waals surface area contributed by atoms with Crippen LogP contribution in [-0.2, 0) is 22.4 Å². The summed E-state index contributed by atoms with van der Waals surface area (Å²) in [5.41, 5.74) is 8.54. The van der Waals surface area contributed by atoms with Gasteiger partial charge in [0.2, 0.25) is 11.7 Å². The van der Waals surface area contributed by atoms with E-state index in [0.29, 0.717) is 19.3 Å². The Labute approximate surface area is 157 Å². The molecule has 5 N–H and O–H groups in total. The summed E-state index contributed by atoms with van der Waals surface area (Å²) in [5.74, 6) is -1.38. The Morgan fingerprint density at radius 2 is 1.89 bits per heavy atom. The molecule has 7 heteroatoms. The minimum Gasteiger partial charge on any atom is -0.387 e.